The third kappa shape index (κ3) is 3.28. The Balaban J connectivity index is 1.70. The summed E-state index contributed by atoms with van der Waals surface area (Å²) in [6.45, 7) is 4.33. The minimum absolute atomic E-state index is 0.0867. The molecule has 1 aliphatic carbocycles. The van der Waals surface area contributed by atoms with Crippen LogP contribution in [0.3, 0.4) is 0 Å². The Morgan fingerprint density at radius 3 is 2.57 bits per heavy atom. The van der Waals surface area contributed by atoms with Crippen LogP contribution in [0, 0.1) is 5.92 Å². The molecule has 0 unspecified atom stereocenters. The Morgan fingerprint density at radius 1 is 1.30 bits per heavy atom. The third-order valence-electron chi connectivity index (χ3n) is 4.89. The molecule has 0 radical (unpaired) electrons. The first-order valence-electron chi connectivity index (χ1n) is 8.32. The number of amides is 1. The second kappa shape index (κ2) is 6.52. The zero-order valence-corrected chi connectivity index (χ0v) is 13.7. The Labute approximate surface area is 136 Å². The van der Waals surface area contributed by atoms with Crippen LogP contribution in [-0.2, 0) is 10.3 Å². The van der Waals surface area contributed by atoms with Crippen molar-refractivity contribution in [3.63, 3.8) is 0 Å². The zero-order chi connectivity index (χ0) is 16.3. The van der Waals surface area contributed by atoms with Crippen LogP contribution in [0.5, 0.6) is 0 Å². The van der Waals surface area contributed by atoms with E-state index in [4.69, 9.17) is 0 Å². The summed E-state index contributed by atoms with van der Waals surface area (Å²) in [4.78, 5) is 16.9. The summed E-state index contributed by atoms with van der Waals surface area (Å²) < 4.78 is 0. The lowest BCUT2D eigenvalue weighted by Gasteiger charge is -2.40. The molecule has 2 N–H and O–H groups in total. The molecule has 1 aromatic heterocycles. The van der Waals surface area contributed by atoms with Gasteiger partial charge in [-0.2, -0.15) is 5.10 Å². The van der Waals surface area contributed by atoms with Gasteiger partial charge in [0.25, 0.3) is 0 Å². The van der Waals surface area contributed by atoms with E-state index in [1.54, 1.807) is 0 Å². The summed E-state index contributed by atoms with van der Waals surface area (Å²) in [7, 11) is 0. The Hall–Kier alpha value is -2.17. The molecule has 0 saturated heterocycles. The highest BCUT2D eigenvalue weighted by atomic mass is 16.1. The van der Waals surface area contributed by atoms with Crippen LogP contribution in [0.4, 0.5) is 0 Å². The normalized spacial score (nSPS) is 17.5. The van der Waals surface area contributed by atoms with Crippen molar-refractivity contribution < 1.29 is 4.79 Å². The van der Waals surface area contributed by atoms with Gasteiger partial charge in [-0.25, -0.2) is 4.98 Å². The number of hydrogen-bond donors (Lipinski definition) is 2. The van der Waals surface area contributed by atoms with Crippen LogP contribution >= 0.6 is 0 Å². The summed E-state index contributed by atoms with van der Waals surface area (Å²) in [5.74, 6) is 1.50. The van der Waals surface area contributed by atoms with Crippen LogP contribution < -0.4 is 5.32 Å². The predicted octanol–water partition coefficient (Wildman–Crippen LogP) is 3.13. The van der Waals surface area contributed by atoms with E-state index >= 15 is 0 Å². The average molecular weight is 312 g/mol. The minimum Gasteiger partial charge on any atom is -0.343 e. The molecule has 1 aromatic carbocycles. The molecular weight excluding hydrogens is 288 g/mol. The van der Waals surface area contributed by atoms with Crippen LogP contribution in [0.15, 0.2) is 36.7 Å². The number of carbonyl (C=O) groups excluding carboxylic acids is 1. The predicted molar refractivity (Wildman–Crippen MR) is 88.7 cm³/mol. The maximum Gasteiger partial charge on any atom is 0.221 e. The van der Waals surface area contributed by atoms with Crippen LogP contribution in [-0.4, -0.2) is 21.1 Å². The quantitative estimate of drug-likeness (QED) is 0.861. The Kier molecular flexibility index (Phi) is 4.46. The smallest absolute Gasteiger partial charge is 0.221 e. The molecule has 1 aliphatic rings. The second-order valence-corrected chi connectivity index (χ2v) is 6.78. The van der Waals surface area contributed by atoms with Crippen molar-refractivity contribution >= 4 is 5.91 Å². The molecule has 1 amide bonds. The number of carbonyl (C=O) groups is 1. The van der Waals surface area contributed by atoms with Crippen molar-refractivity contribution in [1.29, 1.82) is 0 Å². The molecule has 5 heteroatoms. The first-order chi connectivity index (χ1) is 11.1. The molecule has 2 aromatic rings. The number of benzene rings is 1. The van der Waals surface area contributed by atoms with E-state index in [0.717, 1.165) is 25.1 Å². The van der Waals surface area contributed by atoms with Gasteiger partial charge in [0.2, 0.25) is 5.91 Å². The van der Waals surface area contributed by atoms with Crippen molar-refractivity contribution in [2.75, 3.05) is 0 Å². The van der Waals surface area contributed by atoms with E-state index in [1.165, 1.54) is 11.9 Å². The zero-order valence-electron chi connectivity index (χ0n) is 13.7. The molecule has 5 nitrogen and oxygen atoms in total. The minimum atomic E-state index is -0.341. The average Bonchev–Trinajstić information content (AvgIpc) is 3.03. The van der Waals surface area contributed by atoms with Gasteiger partial charge in [0.05, 0.1) is 5.54 Å². The lowest BCUT2D eigenvalue weighted by molar-refractivity contribution is -0.125. The Morgan fingerprint density at radius 2 is 2.04 bits per heavy atom. The summed E-state index contributed by atoms with van der Waals surface area (Å²) in [5, 5.41) is 10.1. The maximum atomic E-state index is 12.7. The van der Waals surface area contributed by atoms with E-state index in [0.29, 0.717) is 12.3 Å². The molecule has 1 heterocycles. The van der Waals surface area contributed by atoms with Crippen molar-refractivity contribution in [3.8, 4) is 0 Å². The van der Waals surface area contributed by atoms with Gasteiger partial charge in [-0.05, 0) is 36.7 Å². The molecule has 0 bridgehead atoms. The number of nitrogens with one attached hydrogen (secondary N) is 2. The van der Waals surface area contributed by atoms with Gasteiger partial charge in [-0.15, -0.1) is 0 Å². The van der Waals surface area contributed by atoms with Gasteiger partial charge >= 0.3 is 0 Å². The third-order valence-corrected chi connectivity index (χ3v) is 4.89. The number of rotatable bonds is 6. The number of H-pyrrole nitrogens is 1. The van der Waals surface area contributed by atoms with Gasteiger partial charge in [-0.1, -0.05) is 44.2 Å². The first-order valence-corrected chi connectivity index (χ1v) is 8.32. The maximum absolute atomic E-state index is 12.7. The van der Waals surface area contributed by atoms with Crippen molar-refractivity contribution in [2.24, 2.45) is 5.92 Å². The van der Waals surface area contributed by atoms with Crippen LogP contribution in [0.2, 0.25) is 0 Å². The summed E-state index contributed by atoms with van der Waals surface area (Å²) in [6.07, 6.45) is 4.95. The molecule has 1 saturated carbocycles. The molecule has 0 aliphatic heterocycles. The van der Waals surface area contributed by atoms with Crippen LogP contribution in [0.1, 0.15) is 56.8 Å². The van der Waals surface area contributed by atoms with Gasteiger partial charge in [0, 0.05) is 6.42 Å². The SMILES string of the molecule is CC(C)[C@@H](CC(=O)NC1(c2ncn[nH]2)CCC1)c1ccccc1. The van der Waals surface area contributed by atoms with Gasteiger partial charge in [0.15, 0.2) is 0 Å². The molecule has 1 fully saturated rings. The largest absolute Gasteiger partial charge is 0.343 e. The summed E-state index contributed by atoms with van der Waals surface area (Å²) >= 11 is 0. The van der Waals surface area contributed by atoms with Crippen LogP contribution in [0.25, 0.3) is 0 Å². The monoisotopic (exact) mass is 312 g/mol. The molecular formula is C18H24N4O. The molecule has 23 heavy (non-hydrogen) atoms. The van der Waals surface area contributed by atoms with E-state index in [-0.39, 0.29) is 17.4 Å². The van der Waals surface area contributed by atoms with E-state index < -0.39 is 0 Å². The fourth-order valence-electron chi connectivity index (χ4n) is 3.34. The van der Waals surface area contributed by atoms with Crippen molar-refractivity contribution in [2.45, 2.75) is 51.0 Å². The van der Waals surface area contributed by atoms with E-state index in [2.05, 4.69) is 46.5 Å². The highest BCUT2D eigenvalue weighted by Crippen LogP contribution is 2.39. The lowest BCUT2D eigenvalue weighted by Crippen LogP contribution is -2.51. The number of aromatic amines is 1. The van der Waals surface area contributed by atoms with E-state index in [9.17, 15) is 4.79 Å². The standard InChI is InChI=1S/C18H24N4O/c1-13(2)15(14-7-4-3-5-8-14)11-16(23)21-18(9-6-10-18)17-19-12-20-22-17/h3-5,7-8,12-13,15H,6,9-11H2,1-2H3,(H,21,23)(H,19,20,22)/t15-/m1/s1. The number of nitrogens with zero attached hydrogens (tertiary/aromatic N) is 2. The molecule has 0 spiro atoms. The first kappa shape index (κ1) is 15.7. The van der Waals surface area contributed by atoms with Gasteiger partial charge < -0.3 is 5.32 Å². The summed E-state index contributed by atoms with van der Waals surface area (Å²) in [5.41, 5.74) is 0.881. The topological polar surface area (TPSA) is 70.7 Å². The van der Waals surface area contributed by atoms with E-state index in [1.807, 2.05) is 18.2 Å². The number of aromatic nitrogens is 3. The molecule has 122 valence electrons. The van der Waals surface area contributed by atoms with Crippen molar-refractivity contribution in [1.82, 2.24) is 20.5 Å². The summed E-state index contributed by atoms with van der Waals surface area (Å²) in [6, 6.07) is 10.3. The molecule has 3 rings (SSSR count). The second-order valence-electron chi connectivity index (χ2n) is 6.78. The fourth-order valence-corrected chi connectivity index (χ4v) is 3.34. The highest BCUT2D eigenvalue weighted by molar-refractivity contribution is 5.78. The van der Waals surface area contributed by atoms with Gasteiger partial charge in [-0.3, -0.25) is 9.89 Å². The lowest BCUT2D eigenvalue weighted by atomic mass is 9.75. The van der Waals surface area contributed by atoms with Gasteiger partial charge in [0.1, 0.15) is 12.2 Å². The Bertz CT molecular complexity index is 632. The highest BCUT2D eigenvalue weighted by Gasteiger charge is 2.42. The molecule has 1 atom stereocenters. The number of hydrogen-bond acceptors (Lipinski definition) is 3. The fraction of sp³-hybridized carbons (Fsp3) is 0.500. The van der Waals surface area contributed by atoms with Crippen molar-refractivity contribution in [3.05, 3.63) is 48.0 Å².